The molecular weight excluding hydrogens is 233 g/mol. The predicted octanol–water partition coefficient (Wildman–Crippen LogP) is 2.56. The van der Waals surface area contributed by atoms with Gasteiger partial charge in [-0.25, -0.2) is 4.39 Å². The van der Waals surface area contributed by atoms with Crippen LogP contribution in [0.25, 0.3) is 0 Å². The molecule has 1 aromatic rings. The molecule has 98 valence electrons. The van der Waals surface area contributed by atoms with Gasteiger partial charge in [0.1, 0.15) is 5.82 Å². The van der Waals surface area contributed by atoms with E-state index in [0.29, 0.717) is 5.92 Å². The zero-order valence-corrected chi connectivity index (χ0v) is 10.6. The van der Waals surface area contributed by atoms with Crippen molar-refractivity contribution in [1.82, 2.24) is 5.06 Å². The third kappa shape index (κ3) is 3.81. The highest BCUT2D eigenvalue weighted by Gasteiger charge is 2.21. The van der Waals surface area contributed by atoms with Crippen LogP contribution in [-0.4, -0.2) is 24.1 Å². The smallest absolute Gasteiger partial charge is 0.322 e. The van der Waals surface area contributed by atoms with Gasteiger partial charge in [0.2, 0.25) is 0 Å². The number of hydrogen-bond acceptors (Lipinski definition) is 3. The van der Waals surface area contributed by atoms with Crippen molar-refractivity contribution in [2.45, 2.75) is 26.2 Å². The van der Waals surface area contributed by atoms with E-state index in [9.17, 15) is 9.18 Å². The average molecular weight is 251 g/mol. The van der Waals surface area contributed by atoms with Crippen LogP contribution in [0.2, 0.25) is 0 Å². The van der Waals surface area contributed by atoms with Crippen molar-refractivity contribution < 1.29 is 14.0 Å². The normalized spacial score (nSPS) is 17.7. The fourth-order valence-corrected chi connectivity index (χ4v) is 2.38. The van der Waals surface area contributed by atoms with E-state index in [-0.39, 0.29) is 11.8 Å². The summed E-state index contributed by atoms with van der Waals surface area (Å²) in [4.78, 5) is 15.9. The van der Waals surface area contributed by atoms with E-state index in [1.807, 2.05) is 6.07 Å². The van der Waals surface area contributed by atoms with Gasteiger partial charge < -0.3 is 4.84 Å². The Kier molecular flexibility index (Phi) is 4.31. The lowest BCUT2D eigenvalue weighted by Crippen LogP contribution is -2.35. The molecule has 0 bridgehead atoms. The highest BCUT2D eigenvalue weighted by molar-refractivity contribution is 5.65. The first-order valence-corrected chi connectivity index (χ1v) is 6.31. The minimum atomic E-state index is -0.265. The van der Waals surface area contributed by atoms with Gasteiger partial charge in [-0.3, -0.25) is 4.79 Å². The Morgan fingerprint density at radius 1 is 1.44 bits per heavy atom. The lowest BCUT2D eigenvalue weighted by molar-refractivity contribution is -0.193. The molecule has 1 saturated heterocycles. The molecule has 1 aliphatic rings. The van der Waals surface area contributed by atoms with Crippen molar-refractivity contribution in [2.24, 2.45) is 5.92 Å². The number of carbonyl (C=O) groups is 1. The van der Waals surface area contributed by atoms with E-state index < -0.39 is 0 Å². The first-order valence-electron chi connectivity index (χ1n) is 6.31. The summed E-state index contributed by atoms with van der Waals surface area (Å²) < 4.78 is 13.1. The second-order valence-corrected chi connectivity index (χ2v) is 4.79. The van der Waals surface area contributed by atoms with Gasteiger partial charge in [0, 0.05) is 20.0 Å². The molecule has 0 atom stereocenters. The number of rotatable bonds is 3. The maximum absolute atomic E-state index is 13.1. The summed E-state index contributed by atoms with van der Waals surface area (Å²) >= 11 is 0. The highest BCUT2D eigenvalue weighted by Crippen LogP contribution is 2.22. The monoisotopic (exact) mass is 251 g/mol. The Labute approximate surface area is 106 Å². The number of benzene rings is 1. The largest absolute Gasteiger partial charge is 0.368 e. The number of halogens is 1. The number of nitrogens with zero attached hydrogens (tertiary/aromatic N) is 1. The maximum Gasteiger partial charge on any atom is 0.322 e. The molecule has 0 unspecified atom stereocenters. The van der Waals surface area contributed by atoms with E-state index in [1.165, 1.54) is 13.0 Å². The summed E-state index contributed by atoms with van der Waals surface area (Å²) in [6.07, 6.45) is 2.85. The Morgan fingerprint density at radius 2 is 2.17 bits per heavy atom. The molecule has 1 heterocycles. The molecule has 0 amide bonds. The zero-order valence-electron chi connectivity index (χ0n) is 10.6. The number of piperidine rings is 1. The topological polar surface area (TPSA) is 29.5 Å². The molecule has 0 saturated carbocycles. The van der Waals surface area contributed by atoms with Gasteiger partial charge in [-0.1, -0.05) is 12.1 Å². The van der Waals surface area contributed by atoms with Gasteiger partial charge in [0.05, 0.1) is 0 Å². The van der Waals surface area contributed by atoms with Crippen molar-refractivity contribution in [2.75, 3.05) is 13.1 Å². The van der Waals surface area contributed by atoms with E-state index in [4.69, 9.17) is 4.84 Å². The Morgan fingerprint density at radius 3 is 2.78 bits per heavy atom. The molecule has 0 N–H and O–H groups in total. The molecule has 0 radical (unpaired) electrons. The Bertz CT molecular complexity index is 414. The first-order chi connectivity index (χ1) is 8.63. The molecule has 4 heteroatoms. The summed E-state index contributed by atoms with van der Waals surface area (Å²) in [5.41, 5.74) is 1.04. The van der Waals surface area contributed by atoms with Crippen LogP contribution in [0.4, 0.5) is 4.39 Å². The lowest BCUT2D eigenvalue weighted by atomic mass is 9.91. The van der Waals surface area contributed by atoms with Crippen LogP contribution in [-0.2, 0) is 16.1 Å². The zero-order chi connectivity index (χ0) is 13.0. The van der Waals surface area contributed by atoms with Crippen LogP contribution < -0.4 is 0 Å². The summed E-state index contributed by atoms with van der Waals surface area (Å²) in [6, 6.07) is 6.77. The molecule has 18 heavy (non-hydrogen) atoms. The molecule has 2 rings (SSSR count). The number of hydrogen-bond donors (Lipinski definition) is 0. The summed E-state index contributed by atoms with van der Waals surface area (Å²) in [5, 5.41) is 1.71. The van der Waals surface area contributed by atoms with E-state index in [1.54, 1.807) is 17.2 Å². The fraction of sp³-hybridized carbons (Fsp3) is 0.500. The van der Waals surface area contributed by atoms with Crippen LogP contribution in [0.5, 0.6) is 0 Å². The Hall–Kier alpha value is -1.42. The lowest BCUT2D eigenvalue weighted by Gasteiger charge is -2.30. The molecule has 0 aliphatic carbocycles. The van der Waals surface area contributed by atoms with Gasteiger partial charge in [0.25, 0.3) is 0 Å². The third-order valence-electron chi connectivity index (χ3n) is 3.24. The van der Waals surface area contributed by atoms with Crippen LogP contribution >= 0.6 is 0 Å². The van der Waals surface area contributed by atoms with Crippen LogP contribution in [0.3, 0.4) is 0 Å². The minimum absolute atomic E-state index is 0.176. The molecule has 0 spiro atoms. The molecule has 1 fully saturated rings. The highest BCUT2D eigenvalue weighted by atomic mass is 19.1. The second-order valence-electron chi connectivity index (χ2n) is 4.79. The SMILES string of the molecule is CC(=O)ON1CCC(Cc2cccc(F)c2)CC1. The van der Waals surface area contributed by atoms with Crippen molar-refractivity contribution in [3.8, 4) is 0 Å². The van der Waals surface area contributed by atoms with Gasteiger partial charge >= 0.3 is 5.97 Å². The quantitative estimate of drug-likeness (QED) is 0.827. The fourth-order valence-electron chi connectivity index (χ4n) is 2.38. The van der Waals surface area contributed by atoms with E-state index >= 15 is 0 Å². The van der Waals surface area contributed by atoms with Crippen molar-refractivity contribution in [3.63, 3.8) is 0 Å². The third-order valence-corrected chi connectivity index (χ3v) is 3.24. The summed E-state index contributed by atoms with van der Waals surface area (Å²) in [5.74, 6) is 0.0991. The van der Waals surface area contributed by atoms with Gasteiger partial charge in [-0.15, -0.1) is 5.06 Å². The van der Waals surface area contributed by atoms with E-state index in [0.717, 1.165) is 37.9 Å². The van der Waals surface area contributed by atoms with Crippen molar-refractivity contribution >= 4 is 5.97 Å². The standard InChI is InChI=1S/C14H18FNO2/c1-11(17)18-16-7-5-12(6-8-16)9-13-3-2-4-14(15)10-13/h2-4,10,12H,5-9H2,1H3. The Balaban J connectivity index is 1.81. The molecule has 3 nitrogen and oxygen atoms in total. The average Bonchev–Trinajstić information content (AvgIpc) is 2.31. The first kappa shape index (κ1) is 13.0. The molecule has 1 aliphatic heterocycles. The summed E-state index contributed by atoms with van der Waals surface area (Å²) in [7, 11) is 0. The number of carbonyl (C=O) groups excluding carboxylic acids is 1. The second kappa shape index (κ2) is 5.96. The maximum atomic E-state index is 13.1. The van der Waals surface area contributed by atoms with Crippen LogP contribution in [0.15, 0.2) is 24.3 Å². The minimum Gasteiger partial charge on any atom is -0.368 e. The van der Waals surface area contributed by atoms with Gasteiger partial charge in [-0.2, -0.15) is 0 Å². The molecule has 1 aromatic carbocycles. The van der Waals surface area contributed by atoms with Gasteiger partial charge in [-0.05, 0) is 42.9 Å². The number of hydroxylamine groups is 2. The summed E-state index contributed by atoms with van der Waals surface area (Å²) in [6.45, 7) is 2.94. The van der Waals surface area contributed by atoms with Crippen LogP contribution in [0, 0.1) is 11.7 Å². The molecule has 0 aromatic heterocycles. The van der Waals surface area contributed by atoms with Crippen molar-refractivity contribution in [1.29, 1.82) is 0 Å². The van der Waals surface area contributed by atoms with Gasteiger partial charge in [0.15, 0.2) is 0 Å². The van der Waals surface area contributed by atoms with Crippen LogP contribution in [0.1, 0.15) is 25.3 Å². The van der Waals surface area contributed by atoms with E-state index in [2.05, 4.69) is 0 Å². The predicted molar refractivity (Wildman–Crippen MR) is 66.2 cm³/mol. The van der Waals surface area contributed by atoms with Crippen molar-refractivity contribution in [3.05, 3.63) is 35.6 Å². The molecular formula is C14H18FNO2.